The van der Waals surface area contributed by atoms with Gasteiger partial charge in [-0.25, -0.2) is 0 Å². The predicted molar refractivity (Wildman–Crippen MR) is 72.0 cm³/mol. The zero-order chi connectivity index (χ0) is 17.0. The van der Waals surface area contributed by atoms with Crippen molar-refractivity contribution in [3.63, 3.8) is 0 Å². The van der Waals surface area contributed by atoms with Crippen molar-refractivity contribution in [1.29, 1.82) is 0 Å². The molecule has 2 fully saturated rings. The third kappa shape index (κ3) is 1.73. The Morgan fingerprint density at radius 3 is 2.43 bits per heavy atom. The van der Waals surface area contributed by atoms with Crippen LogP contribution < -0.4 is 0 Å². The van der Waals surface area contributed by atoms with Crippen LogP contribution in [0.5, 0.6) is 0 Å². The summed E-state index contributed by atoms with van der Waals surface area (Å²) in [4.78, 5) is 24.5. The molecule has 2 aliphatic rings. The van der Waals surface area contributed by atoms with Gasteiger partial charge in [0.15, 0.2) is 5.41 Å². The van der Waals surface area contributed by atoms with Gasteiger partial charge in [0.05, 0.1) is 12.0 Å². The number of carbonyl (C=O) groups excluding carboxylic acids is 2. The minimum absolute atomic E-state index is 0.107. The average molecular weight is 328 g/mol. The summed E-state index contributed by atoms with van der Waals surface area (Å²) in [5.74, 6) is -3.63. The Hall–Kier alpha value is -2.05. The van der Waals surface area contributed by atoms with Gasteiger partial charge in [-0.2, -0.15) is 13.2 Å². The summed E-state index contributed by atoms with van der Waals surface area (Å²) in [6.07, 6.45) is -5.84. The van der Waals surface area contributed by atoms with E-state index in [1.807, 2.05) is 0 Å². The summed E-state index contributed by atoms with van der Waals surface area (Å²) in [6, 6.07) is 8.14. The van der Waals surface area contributed by atoms with Crippen molar-refractivity contribution >= 4 is 11.9 Å². The van der Waals surface area contributed by atoms with Gasteiger partial charge in [0, 0.05) is 5.92 Å². The molecule has 1 aliphatic heterocycles. The van der Waals surface area contributed by atoms with Gasteiger partial charge in [-0.3, -0.25) is 9.59 Å². The first-order valence-electron chi connectivity index (χ1n) is 7.22. The zero-order valence-electron chi connectivity index (χ0n) is 12.5. The van der Waals surface area contributed by atoms with Crippen LogP contribution in [0, 0.1) is 16.7 Å². The second kappa shape index (κ2) is 4.72. The lowest BCUT2D eigenvalue weighted by atomic mass is 9.93. The van der Waals surface area contributed by atoms with E-state index in [-0.39, 0.29) is 6.61 Å². The van der Waals surface area contributed by atoms with Gasteiger partial charge in [-0.15, -0.1) is 0 Å². The molecular formula is C16H15F3O4. The van der Waals surface area contributed by atoms with E-state index >= 15 is 0 Å². The molecule has 23 heavy (non-hydrogen) atoms. The number of esters is 2. The molecular weight excluding hydrogens is 313 g/mol. The Labute approximate surface area is 130 Å². The molecule has 0 aromatic heterocycles. The van der Waals surface area contributed by atoms with Gasteiger partial charge < -0.3 is 9.47 Å². The van der Waals surface area contributed by atoms with E-state index in [0.717, 1.165) is 6.92 Å². The number of hydrogen-bond donors (Lipinski definition) is 0. The first-order valence-corrected chi connectivity index (χ1v) is 7.22. The number of ether oxygens (including phenoxy) is 2. The Morgan fingerprint density at radius 1 is 1.30 bits per heavy atom. The summed E-state index contributed by atoms with van der Waals surface area (Å²) in [7, 11) is 0. The van der Waals surface area contributed by atoms with Gasteiger partial charge in [0.25, 0.3) is 0 Å². The molecule has 1 aromatic carbocycles. The highest BCUT2D eigenvalue weighted by atomic mass is 19.4. The van der Waals surface area contributed by atoms with Crippen molar-refractivity contribution in [2.45, 2.75) is 26.1 Å². The molecule has 0 radical (unpaired) electrons. The predicted octanol–water partition coefficient (Wildman–Crippen LogP) is 3.03. The quantitative estimate of drug-likeness (QED) is 0.632. The second-order valence-corrected chi connectivity index (χ2v) is 5.94. The van der Waals surface area contributed by atoms with Crippen molar-refractivity contribution in [2.24, 2.45) is 16.7 Å². The molecule has 0 unspecified atom stereocenters. The van der Waals surface area contributed by atoms with Crippen LogP contribution in [0.2, 0.25) is 0 Å². The first-order chi connectivity index (χ1) is 10.7. The topological polar surface area (TPSA) is 52.6 Å². The van der Waals surface area contributed by atoms with Crippen LogP contribution in [0.1, 0.15) is 25.5 Å². The first kappa shape index (κ1) is 15.8. The molecule has 0 spiro atoms. The van der Waals surface area contributed by atoms with Crippen molar-refractivity contribution in [3.8, 4) is 0 Å². The van der Waals surface area contributed by atoms with Crippen LogP contribution in [-0.2, 0) is 19.1 Å². The lowest BCUT2D eigenvalue weighted by molar-refractivity contribution is -0.215. The summed E-state index contributed by atoms with van der Waals surface area (Å²) in [5, 5.41) is 0. The Bertz CT molecular complexity index is 657. The number of benzene rings is 1. The van der Waals surface area contributed by atoms with Crippen molar-refractivity contribution in [3.05, 3.63) is 35.9 Å². The molecule has 1 aromatic rings. The van der Waals surface area contributed by atoms with E-state index in [4.69, 9.17) is 9.47 Å². The van der Waals surface area contributed by atoms with Crippen LogP contribution in [0.3, 0.4) is 0 Å². The summed E-state index contributed by atoms with van der Waals surface area (Å²) in [5.41, 5.74) is -4.35. The molecule has 1 aliphatic carbocycles. The Kier molecular flexibility index (Phi) is 3.25. The molecule has 1 saturated carbocycles. The van der Waals surface area contributed by atoms with Gasteiger partial charge in [0.2, 0.25) is 0 Å². The average Bonchev–Trinajstić information content (AvgIpc) is 2.93. The lowest BCUT2D eigenvalue weighted by Crippen LogP contribution is -2.40. The van der Waals surface area contributed by atoms with E-state index < -0.39 is 41.0 Å². The largest absolute Gasteiger partial charge is 0.465 e. The van der Waals surface area contributed by atoms with Gasteiger partial charge in [0.1, 0.15) is 6.10 Å². The fourth-order valence-corrected chi connectivity index (χ4v) is 3.77. The fourth-order valence-electron chi connectivity index (χ4n) is 3.77. The van der Waals surface area contributed by atoms with Crippen LogP contribution in [0.15, 0.2) is 30.3 Å². The minimum Gasteiger partial charge on any atom is -0.465 e. The highest BCUT2D eigenvalue weighted by Crippen LogP contribution is 2.82. The molecule has 1 saturated heterocycles. The van der Waals surface area contributed by atoms with E-state index in [1.54, 1.807) is 30.3 Å². The Morgan fingerprint density at radius 2 is 1.91 bits per heavy atom. The standard InChI is InChI=1S/C16H15F3O4/c1-3-22-12(20)15-11(14(15,2)16(17,18)19)10(23-13(15)21)9-7-5-4-6-8-9/h4-8,10-11H,3H2,1-2H3/t10-,11+,14-,15+/m0/s1. The van der Waals surface area contributed by atoms with Gasteiger partial charge >= 0.3 is 18.1 Å². The molecule has 3 rings (SSSR count). The minimum atomic E-state index is -4.73. The molecule has 124 valence electrons. The number of rotatable bonds is 3. The van der Waals surface area contributed by atoms with Crippen LogP contribution in [0.4, 0.5) is 13.2 Å². The van der Waals surface area contributed by atoms with Gasteiger partial charge in [-0.05, 0) is 19.4 Å². The number of alkyl halides is 3. The Balaban J connectivity index is 2.10. The highest BCUT2D eigenvalue weighted by molar-refractivity contribution is 6.08. The normalized spacial score (nSPS) is 35.4. The number of carbonyl (C=O) groups is 2. The SMILES string of the molecule is CCOC(=O)[C@@]12C(=O)O[C@@H](c3ccccc3)[C@@H]1[C@]2(C)C(F)(F)F. The molecule has 1 heterocycles. The van der Waals surface area contributed by atoms with Gasteiger partial charge in [-0.1, -0.05) is 30.3 Å². The van der Waals surface area contributed by atoms with E-state index in [9.17, 15) is 22.8 Å². The second-order valence-electron chi connectivity index (χ2n) is 5.94. The molecule has 4 atom stereocenters. The number of hydrogen-bond acceptors (Lipinski definition) is 4. The maximum absolute atomic E-state index is 13.6. The molecule has 0 amide bonds. The zero-order valence-corrected chi connectivity index (χ0v) is 12.5. The van der Waals surface area contributed by atoms with Crippen LogP contribution in [-0.4, -0.2) is 24.7 Å². The smallest absolute Gasteiger partial charge is 0.396 e. The fraction of sp³-hybridized carbons (Fsp3) is 0.500. The van der Waals surface area contributed by atoms with E-state index in [2.05, 4.69) is 0 Å². The van der Waals surface area contributed by atoms with E-state index in [0.29, 0.717) is 5.56 Å². The summed E-state index contributed by atoms with van der Waals surface area (Å²) < 4.78 is 50.8. The molecule has 0 N–H and O–H groups in total. The van der Waals surface area contributed by atoms with E-state index in [1.165, 1.54) is 6.92 Å². The highest BCUT2D eigenvalue weighted by Gasteiger charge is 2.97. The summed E-state index contributed by atoms with van der Waals surface area (Å²) in [6.45, 7) is 2.27. The maximum atomic E-state index is 13.6. The third-order valence-corrected chi connectivity index (χ3v) is 5.00. The van der Waals surface area contributed by atoms with Crippen molar-refractivity contribution in [1.82, 2.24) is 0 Å². The number of fused-ring (bicyclic) bond motifs is 1. The lowest BCUT2D eigenvalue weighted by Gasteiger charge is -2.25. The van der Waals surface area contributed by atoms with Crippen molar-refractivity contribution < 1.29 is 32.2 Å². The maximum Gasteiger partial charge on any atom is 0.396 e. The van der Waals surface area contributed by atoms with Crippen LogP contribution >= 0.6 is 0 Å². The van der Waals surface area contributed by atoms with Crippen molar-refractivity contribution in [2.75, 3.05) is 6.61 Å². The third-order valence-electron chi connectivity index (χ3n) is 5.00. The van der Waals surface area contributed by atoms with Crippen LogP contribution in [0.25, 0.3) is 0 Å². The monoisotopic (exact) mass is 328 g/mol. The number of halogens is 3. The number of cyclic esters (lactones) is 1. The molecule has 7 heteroatoms. The summed E-state index contributed by atoms with van der Waals surface area (Å²) >= 11 is 0. The molecule has 0 bridgehead atoms. The molecule has 4 nitrogen and oxygen atoms in total.